The zero-order valence-corrected chi connectivity index (χ0v) is 9.56. The standard InChI is InChI=1S/C10H13N5O3/c16-3-6-1-2-7(18-6)15-5-13-8-9(14-17)11-4-12-10(8)15/h4-7,16H,1-3,14H2/t6-,7+/m0/s1. The number of ether oxygens (including phenoxy) is 1. The van der Waals surface area contributed by atoms with Crippen molar-refractivity contribution in [2.45, 2.75) is 25.2 Å². The number of nitrogens with zero attached hydrogens (tertiary/aromatic N) is 4. The van der Waals surface area contributed by atoms with Crippen LogP contribution >= 0.6 is 0 Å². The van der Waals surface area contributed by atoms with Gasteiger partial charge in [-0.05, 0) is 12.8 Å². The average Bonchev–Trinajstić information content (AvgIpc) is 3.03. The van der Waals surface area contributed by atoms with Crippen LogP contribution in [0.3, 0.4) is 0 Å². The number of rotatable bonds is 3. The molecule has 0 unspecified atom stereocenters. The maximum Gasteiger partial charge on any atom is 0.255 e. The molecule has 3 heterocycles. The number of hydrogen-bond donors (Lipinski definition) is 2. The molecule has 3 rings (SSSR count). The molecule has 1 saturated heterocycles. The number of imidazole rings is 1. The topological polar surface area (TPSA) is 113 Å². The molecule has 0 bridgehead atoms. The Hall–Kier alpha value is -1.61. The van der Waals surface area contributed by atoms with Crippen LogP contribution in [0, 0.1) is 5.21 Å². The highest BCUT2D eigenvalue weighted by atomic mass is 16.5. The van der Waals surface area contributed by atoms with Crippen molar-refractivity contribution in [3.05, 3.63) is 17.9 Å². The minimum atomic E-state index is -0.193. The van der Waals surface area contributed by atoms with Crippen molar-refractivity contribution in [1.29, 1.82) is 0 Å². The first-order valence-electron chi connectivity index (χ1n) is 5.72. The molecule has 2 atom stereocenters. The number of aliphatic hydroxyl groups excluding tert-OH is 1. The van der Waals surface area contributed by atoms with E-state index in [1.165, 1.54) is 6.33 Å². The van der Waals surface area contributed by atoms with Crippen LogP contribution < -0.4 is 5.48 Å². The Morgan fingerprint density at radius 2 is 2.33 bits per heavy atom. The summed E-state index contributed by atoms with van der Waals surface area (Å²) < 4.78 is 7.44. The maximum atomic E-state index is 10.8. The largest absolute Gasteiger partial charge is 0.629 e. The molecule has 2 aromatic heterocycles. The number of fused-ring (bicyclic) bond motifs is 1. The smallest absolute Gasteiger partial charge is 0.255 e. The normalized spacial score (nSPS) is 23.9. The highest BCUT2D eigenvalue weighted by molar-refractivity contribution is 5.78. The predicted octanol–water partition coefficient (Wildman–Crippen LogP) is -0.811. The second-order valence-corrected chi connectivity index (χ2v) is 4.17. The average molecular weight is 251 g/mol. The third-order valence-electron chi connectivity index (χ3n) is 3.10. The summed E-state index contributed by atoms with van der Waals surface area (Å²) in [6, 6.07) is 0. The molecule has 1 aliphatic heterocycles. The molecule has 2 aromatic rings. The SMILES string of the molecule is [O-][NH2+]c1ncnc2c1ncn2[C@H]1CC[C@@H](CO)O1. The fraction of sp³-hybridized carbons (Fsp3) is 0.500. The molecular formula is C10H13N5O3. The summed E-state index contributed by atoms with van der Waals surface area (Å²) in [5.74, 6) is 0.274. The van der Waals surface area contributed by atoms with Gasteiger partial charge >= 0.3 is 0 Å². The summed E-state index contributed by atoms with van der Waals surface area (Å²) in [7, 11) is 0. The Bertz CT molecular complexity index is 557. The zero-order chi connectivity index (χ0) is 12.5. The molecular weight excluding hydrogens is 238 g/mol. The van der Waals surface area contributed by atoms with Crippen LogP contribution in [0.1, 0.15) is 19.1 Å². The summed E-state index contributed by atoms with van der Waals surface area (Å²) in [5.41, 5.74) is 1.71. The van der Waals surface area contributed by atoms with Gasteiger partial charge < -0.3 is 20.5 Å². The summed E-state index contributed by atoms with van der Waals surface area (Å²) in [6.07, 6.45) is 4.18. The molecule has 3 N–H and O–H groups in total. The quantitative estimate of drug-likeness (QED) is 0.690. The second-order valence-electron chi connectivity index (χ2n) is 4.17. The van der Waals surface area contributed by atoms with E-state index in [0.29, 0.717) is 16.6 Å². The Morgan fingerprint density at radius 3 is 3.06 bits per heavy atom. The van der Waals surface area contributed by atoms with Gasteiger partial charge in [-0.2, -0.15) is 4.98 Å². The number of hydrogen-bond acceptors (Lipinski definition) is 6. The monoisotopic (exact) mass is 251 g/mol. The lowest BCUT2D eigenvalue weighted by Crippen LogP contribution is -2.70. The van der Waals surface area contributed by atoms with Crippen LogP contribution in [0.5, 0.6) is 0 Å². The third-order valence-corrected chi connectivity index (χ3v) is 3.10. The minimum Gasteiger partial charge on any atom is -0.629 e. The number of quaternary nitrogens is 1. The van der Waals surface area contributed by atoms with Crippen LogP contribution in [-0.2, 0) is 4.74 Å². The minimum absolute atomic E-state index is 0.0116. The Labute approximate surface area is 102 Å². The highest BCUT2D eigenvalue weighted by Crippen LogP contribution is 2.30. The predicted molar refractivity (Wildman–Crippen MR) is 60.5 cm³/mol. The van der Waals surface area contributed by atoms with Crippen molar-refractivity contribution >= 4 is 17.0 Å². The van der Waals surface area contributed by atoms with Gasteiger partial charge in [-0.15, -0.1) is 0 Å². The van der Waals surface area contributed by atoms with Gasteiger partial charge in [-0.1, -0.05) is 0 Å². The Morgan fingerprint density at radius 1 is 1.44 bits per heavy atom. The van der Waals surface area contributed by atoms with Crippen LogP contribution in [0.2, 0.25) is 0 Å². The molecule has 0 spiro atoms. The molecule has 1 fully saturated rings. The van der Waals surface area contributed by atoms with Crippen molar-refractivity contribution < 1.29 is 15.3 Å². The highest BCUT2D eigenvalue weighted by Gasteiger charge is 2.27. The van der Waals surface area contributed by atoms with Gasteiger partial charge in [0.15, 0.2) is 11.2 Å². The molecule has 96 valence electrons. The lowest BCUT2D eigenvalue weighted by atomic mass is 10.2. The molecule has 18 heavy (non-hydrogen) atoms. The molecule has 0 amide bonds. The molecule has 8 nitrogen and oxygen atoms in total. The maximum absolute atomic E-state index is 10.8. The van der Waals surface area contributed by atoms with Crippen LogP contribution in [0.4, 0.5) is 5.82 Å². The Kier molecular flexibility index (Phi) is 2.92. The van der Waals surface area contributed by atoms with E-state index in [4.69, 9.17) is 9.84 Å². The van der Waals surface area contributed by atoms with E-state index < -0.39 is 0 Å². The molecule has 8 heteroatoms. The molecule has 0 aromatic carbocycles. The van der Waals surface area contributed by atoms with Gasteiger partial charge in [0.05, 0.1) is 19.0 Å². The first-order chi connectivity index (χ1) is 8.83. The molecule has 0 saturated carbocycles. The summed E-state index contributed by atoms with van der Waals surface area (Å²) in [4.78, 5) is 12.1. The molecule has 0 radical (unpaired) electrons. The summed E-state index contributed by atoms with van der Waals surface area (Å²) in [6.45, 7) is 0.0116. The van der Waals surface area contributed by atoms with Crippen molar-refractivity contribution in [2.24, 2.45) is 0 Å². The van der Waals surface area contributed by atoms with Gasteiger partial charge in [-0.3, -0.25) is 4.57 Å². The number of aliphatic hydroxyl groups is 1. The van der Waals surface area contributed by atoms with E-state index in [1.807, 2.05) is 0 Å². The van der Waals surface area contributed by atoms with E-state index in [9.17, 15) is 5.21 Å². The lowest BCUT2D eigenvalue weighted by Gasteiger charge is -2.13. The van der Waals surface area contributed by atoms with Gasteiger partial charge in [0.2, 0.25) is 0 Å². The van der Waals surface area contributed by atoms with E-state index in [-0.39, 0.29) is 24.8 Å². The van der Waals surface area contributed by atoms with E-state index in [1.54, 1.807) is 10.9 Å². The Balaban J connectivity index is 1.98. The van der Waals surface area contributed by atoms with E-state index in [0.717, 1.165) is 12.8 Å². The van der Waals surface area contributed by atoms with Crippen molar-refractivity contribution in [1.82, 2.24) is 19.5 Å². The van der Waals surface area contributed by atoms with Gasteiger partial charge in [-0.25, -0.2) is 9.97 Å². The van der Waals surface area contributed by atoms with E-state index >= 15 is 0 Å². The van der Waals surface area contributed by atoms with Crippen molar-refractivity contribution in [3.63, 3.8) is 0 Å². The van der Waals surface area contributed by atoms with Crippen LogP contribution in [0.25, 0.3) is 11.2 Å². The van der Waals surface area contributed by atoms with Gasteiger partial charge in [0, 0.05) is 0 Å². The number of nitrogens with two attached hydrogens (primary N) is 1. The van der Waals surface area contributed by atoms with Crippen molar-refractivity contribution in [2.75, 3.05) is 6.61 Å². The lowest BCUT2D eigenvalue weighted by molar-refractivity contribution is -0.499. The fourth-order valence-corrected chi connectivity index (χ4v) is 2.19. The third kappa shape index (κ3) is 1.75. The van der Waals surface area contributed by atoms with Gasteiger partial charge in [0.1, 0.15) is 12.6 Å². The second kappa shape index (κ2) is 4.58. The molecule has 0 aliphatic carbocycles. The van der Waals surface area contributed by atoms with Crippen molar-refractivity contribution in [3.8, 4) is 0 Å². The summed E-state index contributed by atoms with van der Waals surface area (Å²) in [5, 5.41) is 19.9. The first kappa shape index (κ1) is 11.5. The fourth-order valence-electron chi connectivity index (χ4n) is 2.19. The van der Waals surface area contributed by atoms with Crippen LogP contribution in [0.15, 0.2) is 12.7 Å². The molecule has 1 aliphatic rings. The summed E-state index contributed by atoms with van der Waals surface area (Å²) >= 11 is 0. The van der Waals surface area contributed by atoms with E-state index in [2.05, 4.69) is 15.0 Å². The number of aromatic nitrogens is 4. The van der Waals surface area contributed by atoms with Gasteiger partial charge in [0.25, 0.3) is 5.82 Å². The zero-order valence-electron chi connectivity index (χ0n) is 9.56. The first-order valence-corrected chi connectivity index (χ1v) is 5.72. The van der Waals surface area contributed by atoms with Crippen LogP contribution in [-0.4, -0.2) is 37.3 Å².